The first-order chi connectivity index (χ1) is 28.7. The molecule has 0 atom stereocenters. The number of aryl methyl sites for hydroxylation is 1. The Labute approximate surface area is 380 Å². The van der Waals surface area contributed by atoms with Gasteiger partial charge < -0.3 is 0 Å². The van der Waals surface area contributed by atoms with Crippen molar-refractivity contribution in [2.24, 2.45) is 0 Å². The zero-order valence-electron chi connectivity index (χ0n) is 40.2. The van der Waals surface area contributed by atoms with Crippen molar-refractivity contribution in [1.29, 1.82) is 0 Å². The van der Waals surface area contributed by atoms with Gasteiger partial charge in [-0.25, -0.2) is 0 Å². The Balaban J connectivity index is 2.38. The zero-order chi connectivity index (χ0) is 41.7. The zero-order valence-corrected chi connectivity index (χ0v) is 42.6. The van der Waals surface area contributed by atoms with Gasteiger partial charge in [-0.05, 0) is 61.1 Å². The van der Waals surface area contributed by atoms with Crippen molar-refractivity contribution >= 4 is 35.3 Å². The van der Waals surface area contributed by atoms with Gasteiger partial charge in [-0.2, -0.15) is 0 Å². The fourth-order valence-electron chi connectivity index (χ4n) is 8.49. The lowest BCUT2D eigenvalue weighted by molar-refractivity contribution is 0.538. The monoisotopic (exact) mass is 861 g/mol. The van der Waals surface area contributed by atoms with Crippen LogP contribution in [0.5, 0.6) is 0 Å². The predicted octanol–water partition coefficient (Wildman–Crippen LogP) is 21.7. The second-order valence-corrected chi connectivity index (χ2v) is 21.8. The molecule has 0 nitrogen and oxygen atoms in total. The molecule has 1 rings (SSSR count). The van der Waals surface area contributed by atoms with E-state index in [1.807, 2.05) is 0 Å². The quantitative estimate of drug-likeness (QED) is 0.0473. The summed E-state index contributed by atoms with van der Waals surface area (Å²) in [6, 6.07) is 5.05. The fraction of sp³-hybridized carbons (Fsp3) is 0.891. The summed E-state index contributed by atoms with van der Waals surface area (Å²) >= 11 is 6.55. The summed E-state index contributed by atoms with van der Waals surface area (Å²) in [6.07, 6.45) is 60.6. The Morgan fingerprint density at radius 3 is 0.672 bits per heavy atom. The largest absolute Gasteiger partial charge is 0.125 e. The van der Waals surface area contributed by atoms with Crippen molar-refractivity contribution in [1.82, 2.24) is 0 Å². The lowest BCUT2D eigenvalue weighted by Gasteiger charge is -2.16. The minimum Gasteiger partial charge on any atom is -0.125 e. The highest BCUT2D eigenvalue weighted by Crippen LogP contribution is 2.41. The van der Waals surface area contributed by atoms with E-state index in [-0.39, 0.29) is 0 Å². The van der Waals surface area contributed by atoms with Gasteiger partial charge in [-0.1, -0.05) is 271 Å². The number of hydrogen-bond acceptors (Lipinski definition) is 3. The molecule has 0 saturated carbocycles. The number of unbranched alkanes of at least 4 members (excludes halogenated alkanes) is 39. The van der Waals surface area contributed by atoms with Crippen LogP contribution in [0.2, 0.25) is 0 Å². The molecule has 0 heterocycles. The third-order valence-electron chi connectivity index (χ3n) is 12.4. The lowest BCUT2D eigenvalue weighted by atomic mass is 10.0. The van der Waals surface area contributed by atoms with E-state index in [1.54, 1.807) is 14.7 Å². The first-order valence-corrected chi connectivity index (χ1v) is 29.7. The molecular weight excluding hydrogens is 757 g/mol. The van der Waals surface area contributed by atoms with Crippen LogP contribution in [0.1, 0.15) is 296 Å². The molecular formula is C55H104S3. The molecule has 1 aromatic rings. The Morgan fingerprint density at radius 1 is 0.259 bits per heavy atom. The lowest BCUT2D eigenvalue weighted by Crippen LogP contribution is -1.92. The molecule has 0 amide bonds. The summed E-state index contributed by atoms with van der Waals surface area (Å²) < 4.78 is 0. The molecule has 0 spiro atoms. The smallest absolute Gasteiger partial charge is 0.0344 e. The van der Waals surface area contributed by atoms with E-state index >= 15 is 0 Å². The van der Waals surface area contributed by atoms with Crippen molar-refractivity contribution < 1.29 is 0 Å². The molecule has 3 heteroatoms. The molecule has 0 N–H and O–H groups in total. The van der Waals surface area contributed by atoms with Gasteiger partial charge in [-0.15, -0.1) is 35.3 Å². The van der Waals surface area contributed by atoms with Gasteiger partial charge in [0.05, 0.1) is 0 Å². The first kappa shape index (κ1) is 56.3. The number of hydrogen-bond donors (Lipinski definition) is 0. The van der Waals surface area contributed by atoms with Gasteiger partial charge in [0.25, 0.3) is 0 Å². The molecule has 342 valence electrons. The third-order valence-corrected chi connectivity index (χ3v) is 16.2. The topological polar surface area (TPSA) is 0 Å². The van der Waals surface area contributed by atoms with E-state index in [0.717, 1.165) is 0 Å². The highest BCUT2D eigenvalue weighted by atomic mass is 32.2. The summed E-state index contributed by atoms with van der Waals surface area (Å²) in [4.78, 5) is 4.81. The average Bonchev–Trinajstić information content (AvgIpc) is 3.22. The Morgan fingerprint density at radius 2 is 0.448 bits per heavy atom. The molecule has 0 aliphatic heterocycles. The Bertz CT molecular complexity index is 888. The molecule has 0 unspecified atom stereocenters. The molecule has 0 aliphatic carbocycles. The van der Waals surface area contributed by atoms with Crippen molar-refractivity contribution in [3.8, 4) is 0 Å². The molecule has 1 aromatic carbocycles. The standard InChI is InChI=1S/C55H104S3/c1-5-8-11-14-17-20-23-26-29-32-35-38-41-44-47-56-53-50-52(4)51-54(57-48-45-42-39-36-33-30-27-24-21-18-15-12-9-6-2)55(53)58-49-46-43-40-37-34-31-28-25-22-19-16-13-10-7-3/h50-51H,5-49H2,1-4H3. The fourth-order valence-corrected chi connectivity index (χ4v) is 12.4. The highest BCUT2D eigenvalue weighted by molar-refractivity contribution is 8.03. The summed E-state index contributed by atoms with van der Waals surface area (Å²) in [5.41, 5.74) is 1.47. The van der Waals surface area contributed by atoms with E-state index in [1.165, 1.54) is 292 Å². The maximum absolute atomic E-state index is 2.53. The van der Waals surface area contributed by atoms with Crippen LogP contribution in [0.25, 0.3) is 0 Å². The van der Waals surface area contributed by atoms with Crippen molar-refractivity contribution in [3.63, 3.8) is 0 Å². The second-order valence-electron chi connectivity index (χ2n) is 18.4. The van der Waals surface area contributed by atoms with Crippen LogP contribution < -0.4 is 0 Å². The third kappa shape index (κ3) is 38.0. The van der Waals surface area contributed by atoms with Gasteiger partial charge >= 0.3 is 0 Å². The van der Waals surface area contributed by atoms with Crippen LogP contribution in [0.15, 0.2) is 26.8 Å². The van der Waals surface area contributed by atoms with Gasteiger partial charge in [0.15, 0.2) is 0 Å². The molecule has 0 aromatic heterocycles. The molecule has 0 bridgehead atoms. The van der Waals surface area contributed by atoms with Crippen molar-refractivity contribution in [2.75, 3.05) is 17.3 Å². The number of rotatable bonds is 48. The average molecular weight is 862 g/mol. The second kappa shape index (κ2) is 46.8. The van der Waals surface area contributed by atoms with Gasteiger partial charge in [0, 0.05) is 14.7 Å². The van der Waals surface area contributed by atoms with Crippen LogP contribution in [0.4, 0.5) is 0 Å². The molecule has 0 fully saturated rings. The maximum atomic E-state index is 2.53. The Kier molecular flexibility index (Phi) is 45.4. The molecule has 0 aliphatic rings. The van der Waals surface area contributed by atoms with Gasteiger partial charge in [0.2, 0.25) is 0 Å². The van der Waals surface area contributed by atoms with Crippen molar-refractivity contribution in [2.45, 2.75) is 312 Å². The summed E-state index contributed by atoms with van der Waals surface area (Å²) in [7, 11) is 0. The van der Waals surface area contributed by atoms with Crippen LogP contribution in [0.3, 0.4) is 0 Å². The minimum absolute atomic E-state index is 1.29. The normalized spacial score (nSPS) is 11.7. The summed E-state index contributed by atoms with van der Waals surface area (Å²) in [5, 5.41) is 0. The molecule has 0 radical (unpaired) electrons. The van der Waals surface area contributed by atoms with E-state index in [9.17, 15) is 0 Å². The Hall–Kier alpha value is 0.270. The van der Waals surface area contributed by atoms with E-state index in [2.05, 4.69) is 75.1 Å². The number of thioether (sulfide) groups is 3. The maximum Gasteiger partial charge on any atom is 0.0344 e. The van der Waals surface area contributed by atoms with Gasteiger partial charge in [0.1, 0.15) is 0 Å². The van der Waals surface area contributed by atoms with Crippen molar-refractivity contribution in [3.05, 3.63) is 17.7 Å². The molecule has 58 heavy (non-hydrogen) atoms. The summed E-state index contributed by atoms with van der Waals surface area (Å²) in [6.45, 7) is 9.29. The predicted molar refractivity (Wildman–Crippen MR) is 274 cm³/mol. The van der Waals surface area contributed by atoms with Crippen LogP contribution in [-0.4, -0.2) is 17.3 Å². The SMILES string of the molecule is CCCCCCCCCCCCCCCCSc1cc(C)cc(SCCCCCCCCCCCCCCCC)c1SCCCCCCCCCCCCCCCC. The highest BCUT2D eigenvalue weighted by Gasteiger charge is 2.13. The summed E-state index contributed by atoms with van der Waals surface area (Å²) in [5.74, 6) is 3.87. The van der Waals surface area contributed by atoms with Gasteiger partial charge in [-0.3, -0.25) is 0 Å². The van der Waals surface area contributed by atoms with E-state index < -0.39 is 0 Å². The van der Waals surface area contributed by atoms with E-state index in [0.29, 0.717) is 0 Å². The van der Waals surface area contributed by atoms with Crippen LogP contribution >= 0.6 is 35.3 Å². The first-order valence-electron chi connectivity index (χ1n) is 26.8. The molecule has 0 saturated heterocycles. The number of benzene rings is 1. The minimum atomic E-state index is 1.29. The van der Waals surface area contributed by atoms with Crippen LogP contribution in [0, 0.1) is 6.92 Å². The van der Waals surface area contributed by atoms with E-state index in [4.69, 9.17) is 0 Å². The van der Waals surface area contributed by atoms with Crippen LogP contribution in [-0.2, 0) is 0 Å².